The summed E-state index contributed by atoms with van der Waals surface area (Å²) >= 11 is 0. The number of pyridine rings is 1. The molecule has 7 rings (SSSR count). The predicted molar refractivity (Wildman–Crippen MR) is 133 cm³/mol. The molecule has 164 valence electrons. The van der Waals surface area contributed by atoms with Gasteiger partial charge in [-0.05, 0) is 123 Å². The van der Waals surface area contributed by atoms with Gasteiger partial charge < -0.3 is 0 Å². The van der Waals surface area contributed by atoms with Crippen LogP contribution in [0.25, 0.3) is 22.2 Å². The quantitative estimate of drug-likeness (QED) is 0.414. The molecule has 0 N–H and O–H groups in total. The SMILES string of the molecule is Cc1cc(C)cc(-c2ccc3c(C4CC5CCC4C5)c(C4CC5CCC4C5)ccc3n2)c1. The summed E-state index contributed by atoms with van der Waals surface area (Å²) in [6.45, 7) is 4.37. The molecule has 0 amide bonds. The van der Waals surface area contributed by atoms with E-state index in [2.05, 4.69) is 56.3 Å². The molecule has 4 bridgehead atoms. The maximum absolute atomic E-state index is 5.24. The molecule has 0 aliphatic heterocycles. The Balaban J connectivity index is 1.38. The lowest BCUT2D eigenvalue weighted by atomic mass is 9.74. The topological polar surface area (TPSA) is 12.9 Å². The predicted octanol–water partition coefficient (Wildman–Crippen LogP) is 8.33. The van der Waals surface area contributed by atoms with Crippen LogP contribution in [0.4, 0.5) is 0 Å². The van der Waals surface area contributed by atoms with Gasteiger partial charge in [0.15, 0.2) is 0 Å². The Labute approximate surface area is 192 Å². The molecular weight excluding hydrogens is 386 g/mol. The maximum Gasteiger partial charge on any atom is 0.0712 e. The molecular formula is C31H35N. The molecule has 4 fully saturated rings. The number of hydrogen-bond acceptors (Lipinski definition) is 1. The highest BCUT2D eigenvalue weighted by molar-refractivity contribution is 5.87. The van der Waals surface area contributed by atoms with Crippen molar-refractivity contribution in [3.05, 3.63) is 64.7 Å². The van der Waals surface area contributed by atoms with Gasteiger partial charge in [-0.3, -0.25) is 0 Å². The Morgan fingerprint density at radius 2 is 1.38 bits per heavy atom. The van der Waals surface area contributed by atoms with Gasteiger partial charge in [-0.1, -0.05) is 42.2 Å². The third-order valence-corrected chi connectivity index (χ3v) is 9.71. The van der Waals surface area contributed by atoms with Crippen molar-refractivity contribution in [2.45, 2.75) is 77.0 Å². The molecule has 1 aromatic heterocycles. The summed E-state index contributed by atoms with van der Waals surface area (Å²) in [4.78, 5) is 5.24. The summed E-state index contributed by atoms with van der Waals surface area (Å²) in [7, 11) is 0. The average molecular weight is 422 g/mol. The first-order valence-corrected chi connectivity index (χ1v) is 13.1. The Kier molecular flexibility index (Phi) is 4.33. The van der Waals surface area contributed by atoms with E-state index in [0.29, 0.717) is 0 Å². The minimum Gasteiger partial charge on any atom is -0.248 e. The van der Waals surface area contributed by atoms with Crippen LogP contribution in [0.15, 0.2) is 42.5 Å². The zero-order chi connectivity index (χ0) is 21.4. The van der Waals surface area contributed by atoms with E-state index >= 15 is 0 Å². The van der Waals surface area contributed by atoms with E-state index in [1.54, 1.807) is 11.1 Å². The second kappa shape index (κ2) is 7.17. The van der Waals surface area contributed by atoms with Crippen LogP contribution in [0.1, 0.15) is 85.5 Å². The van der Waals surface area contributed by atoms with E-state index in [1.807, 2.05) is 0 Å². The molecule has 6 atom stereocenters. The van der Waals surface area contributed by atoms with E-state index in [1.165, 1.54) is 79.0 Å². The Morgan fingerprint density at radius 3 is 2.00 bits per heavy atom. The van der Waals surface area contributed by atoms with Gasteiger partial charge in [0.25, 0.3) is 0 Å². The Morgan fingerprint density at radius 1 is 0.688 bits per heavy atom. The van der Waals surface area contributed by atoms with Crippen molar-refractivity contribution in [1.82, 2.24) is 4.98 Å². The van der Waals surface area contributed by atoms with Crippen molar-refractivity contribution in [2.24, 2.45) is 23.7 Å². The maximum atomic E-state index is 5.24. The van der Waals surface area contributed by atoms with Gasteiger partial charge in [0.05, 0.1) is 11.2 Å². The Bertz CT molecular complexity index is 1190. The molecule has 6 unspecified atom stereocenters. The zero-order valence-corrected chi connectivity index (χ0v) is 19.6. The highest BCUT2D eigenvalue weighted by atomic mass is 14.7. The molecule has 0 radical (unpaired) electrons. The summed E-state index contributed by atoms with van der Waals surface area (Å²) in [5.74, 6) is 5.43. The van der Waals surface area contributed by atoms with Gasteiger partial charge in [0, 0.05) is 10.9 Å². The first-order valence-electron chi connectivity index (χ1n) is 13.1. The van der Waals surface area contributed by atoms with Crippen molar-refractivity contribution in [3.8, 4) is 11.3 Å². The lowest BCUT2D eigenvalue weighted by molar-refractivity contribution is 0.396. The first-order chi connectivity index (χ1) is 15.6. The fraction of sp³-hybridized carbons (Fsp3) is 0.516. The van der Waals surface area contributed by atoms with Crippen LogP contribution in [0, 0.1) is 37.5 Å². The normalized spacial score (nSPS) is 32.9. The zero-order valence-electron chi connectivity index (χ0n) is 19.6. The summed E-state index contributed by atoms with van der Waals surface area (Å²) in [6, 6.07) is 16.4. The summed E-state index contributed by atoms with van der Waals surface area (Å²) in [5.41, 5.74) is 9.67. The summed E-state index contributed by atoms with van der Waals surface area (Å²) in [5, 5.41) is 1.47. The van der Waals surface area contributed by atoms with Crippen LogP contribution in [-0.2, 0) is 0 Å². The average Bonchev–Trinajstić information content (AvgIpc) is 3.59. The van der Waals surface area contributed by atoms with Gasteiger partial charge in [0.2, 0.25) is 0 Å². The molecule has 4 aliphatic carbocycles. The van der Waals surface area contributed by atoms with Crippen molar-refractivity contribution >= 4 is 10.9 Å². The van der Waals surface area contributed by atoms with E-state index in [0.717, 1.165) is 41.2 Å². The minimum absolute atomic E-state index is 0.778. The van der Waals surface area contributed by atoms with Gasteiger partial charge >= 0.3 is 0 Å². The molecule has 2 aromatic carbocycles. The van der Waals surface area contributed by atoms with E-state index < -0.39 is 0 Å². The smallest absolute Gasteiger partial charge is 0.0712 e. The highest BCUT2D eigenvalue weighted by Crippen LogP contribution is 2.59. The number of benzene rings is 2. The highest BCUT2D eigenvalue weighted by Gasteiger charge is 2.45. The Hall–Kier alpha value is -2.15. The molecule has 3 aromatic rings. The van der Waals surface area contributed by atoms with Gasteiger partial charge in [0.1, 0.15) is 0 Å². The van der Waals surface area contributed by atoms with Crippen LogP contribution in [0.2, 0.25) is 0 Å². The standard InChI is InChI=1S/C31H35N/c1-18-11-19(2)13-24(12-18)29-9-8-26-30(32-29)10-7-25(27-16-20-3-5-22(27)14-20)31(26)28-17-21-4-6-23(28)15-21/h7-13,20-23,27-28H,3-6,14-17H2,1-2H3. The van der Waals surface area contributed by atoms with Crippen molar-refractivity contribution in [1.29, 1.82) is 0 Å². The molecule has 1 heterocycles. The van der Waals surface area contributed by atoms with Gasteiger partial charge in [-0.2, -0.15) is 0 Å². The third kappa shape index (κ3) is 3.00. The van der Waals surface area contributed by atoms with Gasteiger partial charge in [-0.15, -0.1) is 0 Å². The molecule has 0 saturated heterocycles. The largest absolute Gasteiger partial charge is 0.248 e. The first kappa shape index (κ1) is 19.3. The van der Waals surface area contributed by atoms with Crippen molar-refractivity contribution in [3.63, 3.8) is 0 Å². The summed E-state index contributed by atoms with van der Waals surface area (Å²) in [6.07, 6.45) is 11.7. The summed E-state index contributed by atoms with van der Waals surface area (Å²) < 4.78 is 0. The number of hydrogen-bond donors (Lipinski definition) is 0. The number of fused-ring (bicyclic) bond motifs is 5. The lowest BCUT2D eigenvalue weighted by Gasteiger charge is -2.31. The second-order valence-electron chi connectivity index (χ2n) is 11.8. The van der Waals surface area contributed by atoms with E-state index in [9.17, 15) is 0 Å². The number of rotatable bonds is 3. The number of aromatic nitrogens is 1. The van der Waals surface area contributed by atoms with Crippen molar-refractivity contribution < 1.29 is 0 Å². The van der Waals surface area contributed by atoms with Crippen LogP contribution in [0.5, 0.6) is 0 Å². The van der Waals surface area contributed by atoms with Crippen molar-refractivity contribution in [2.75, 3.05) is 0 Å². The monoisotopic (exact) mass is 421 g/mol. The number of aryl methyl sites for hydroxylation is 2. The lowest BCUT2D eigenvalue weighted by Crippen LogP contribution is -2.16. The van der Waals surface area contributed by atoms with E-state index in [-0.39, 0.29) is 0 Å². The molecule has 4 saturated carbocycles. The molecule has 1 nitrogen and oxygen atoms in total. The molecule has 1 heteroatoms. The minimum atomic E-state index is 0.778. The fourth-order valence-corrected chi connectivity index (χ4v) is 8.49. The van der Waals surface area contributed by atoms with Crippen LogP contribution in [-0.4, -0.2) is 4.98 Å². The molecule has 0 spiro atoms. The molecule has 4 aliphatic rings. The van der Waals surface area contributed by atoms with E-state index in [4.69, 9.17) is 4.98 Å². The van der Waals surface area contributed by atoms with Crippen LogP contribution >= 0.6 is 0 Å². The van der Waals surface area contributed by atoms with Gasteiger partial charge in [-0.25, -0.2) is 4.98 Å². The third-order valence-electron chi connectivity index (χ3n) is 9.71. The number of nitrogens with zero attached hydrogens (tertiary/aromatic N) is 1. The molecule has 32 heavy (non-hydrogen) atoms. The van der Waals surface area contributed by atoms with Crippen LogP contribution < -0.4 is 0 Å². The van der Waals surface area contributed by atoms with Crippen LogP contribution in [0.3, 0.4) is 0 Å². The second-order valence-corrected chi connectivity index (χ2v) is 11.8. The fourth-order valence-electron chi connectivity index (χ4n) is 8.49.